The number of benzene rings is 4. The Morgan fingerprint density at radius 1 is 0.860 bits per heavy atom. The molecule has 1 atom stereocenters. The molecule has 1 N–H and O–H groups in total. The molecule has 43 heavy (non-hydrogen) atoms. The number of halogens is 1. The third-order valence-corrected chi connectivity index (χ3v) is 9.12. The van der Waals surface area contributed by atoms with Crippen LogP contribution in [0.1, 0.15) is 18.1 Å². The Kier molecular flexibility index (Phi) is 11.0. The van der Waals surface area contributed by atoms with Gasteiger partial charge in [0.1, 0.15) is 18.3 Å². The molecule has 0 unspecified atom stereocenters. The van der Waals surface area contributed by atoms with Crippen molar-refractivity contribution in [3.05, 3.63) is 125 Å². The highest BCUT2D eigenvalue weighted by Gasteiger charge is 2.34. The fourth-order valence-corrected chi connectivity index (χ4v) is 6.54. The second-order valence-corrected chi connectivity index (χ2v) is 12.6. The van der Waals surface area contributed by atoms with Gasteiger partial charge in [-0.25, -0.2) is 8.42 Å². The second kappa shape index (κ2) is 14.8. The average Bonchev–Trinajstić information content (AvgIpc) is 3.02. The van der Waals surface area contributed by atoms with Gasteiger partial charge in [-0.15, -0.1) is 0 Å². The van der Waals surface area contributed by atoms with Crippen LogP contribution in [0, 0.1) is 0 Å². The summed E-state index contributed by atoms with van der Waals surface area (Å²) in [4.78, 5) is 29.3. The number of sulfonamides is 1. The van der Waals surface area contributed by atoms with Crippen molar-refractivity contribution in [1.29, 1.82) is 0 Å². The number of likely N-dealkylation sites (N-methyl/N-ethyl adjacent to an activating group) is 1. The minimum Gasteiger partial charge on any atom is -0.497 e. The third-order valence-electron chi connectivity index (χ3n) is 6.83. The topological polar surface area (TPSA) is 96.0 Å². The molecule has 0 radical (unpaired) electrons. The Hall–Kier alpha value is -4.15. The zero-order valence-electron chi connectivity index (χ0n) is 24.0. The molecule has 0 bridgehead atoms. The van der Waals surface area contributed by atoms with Crippen LogP contribution >= 0.6 is 15.9 Å². The van der Waals surface area contributed by atoms with E-state index in [1.165, 1.54) is 24.1 Å². The number of para-hydroxylation sites is 1. The molecule has 224 valence electrons. The van der Waals surface area contributed by atoms with Crippen molar-refractivity contribution in [3.63, 3.8) is 0 Å². The van der Waals surface area contributed by atoms with E-state index in [9.17, 15) is 18.0 Å². The van der Waals surface area contributed by atoms with Gasteiger partial charge in [-0.1, -0.05) is 76.6 Å². The highest BCUT2D eigenvalue weighted by atomic mass is 79.9. The van der Waals surface area contributed by atoms with Crippen LogP contribution in [0.25, 0.3) is 0 Å². The maximum atomic E-state index is 14.3. The number of anilines is 1. The van der Waals surface area contributed by atoms with Crippen LogP contribution in [0.2, 0.25) is 0 Å². The first kappa shape index (κ1) is 31.8. The van der Waals surface area contributed by atoms with Gasteiger partial charge < -0.3 is 15.0 Å². The number of rotatable bonds is 13. The van der Waals surface area contributed by atoms with E-state index in [0.717, 1.165) is 19.9 Å². The van der Waals surface area contributed by atoms with Crippen molar-refractivity contribution in [1.82, 2.24) is 10.2 Å². The van der Waals surface area contributed by atoms with Crippen molar-refractivity contribution in [3.8, 4) is 5.75 Å². The number of carbonyl (C=O) groups is 2. The predicted octanol–water partition coefficient (Wildman–Crippen LogP) is 5.43. The molecule has 2 amide bonds. The monoisotopic (exact) mass is 663 g/mol. The normalized spacial score (nSPS) is 11.8. The van der Waals surface area contributed by atoms with Gasteiger partial charge in [0.15, 0.2) is 0 Å². The van der Waals surface area contributed by atoms with Crippen LogP contribution in [-0.4, -0.2) is 51.4 Å². The van der Waals surface area contributed by atoms with Gasteiger partial charge in [-0.3, -0.25) is 13.9 Å². The molecule has 4 aromatic carbocycles. The third kappa shape index (κ3) is 8.24. The summed E-state index contributed by atoms with van der Waals surface area (Å²) in [5, 5.41) is 2.86. The number of carbonyl (C=O) groups excluding carboxylic acids is 2. The molecule has 0 spiro atoms. The van der Waals surface area contributed by atoms with Crippen LogP contribution in [0.4, 0.5) is 5.69 Å². The molecular weight excluding hydrogens is 630 g/mol. The first-order valence-electron chi connectivity index (χ1n) is 13.8. The van der Waals surface area contributed by atoms with Gasteiger partial charge in [-0.2, -0.15) is 0 Å². The molecule has 0 heterocycles. The van der Waals surface area contributed by atoms with Crippen molar-refractivity contribution in [2.45, 2.75) is 30.8 Å². The van der Waals surface area contributed by atoms with Gasteiger partial charge in [0.2, 0.25) is 11.8 Å². The molecule has 0 saturated carbocycles. The highest BCUT2D eigenvalue weighted by molar-refractivity contribution is 9.10. The van der Waals surface area contributed by atoms with E-state index in [1.807, 2.05) is 61.5 Å². The number of nitrogens with zero attached hydrogens (tertiary/aromatic N) is 2. The fraction of sp³-hybridized carbons (Fsp3) is 0.212. The molecule has 0 fully saturated rings. The van der Waals surface area contributed by atoms with Crippen LogP contribution < -0.4 is 14.4 Å². The SMILES string of the molecule is CCNC(=O)[C@@H](Cc1ccccc1)N(Cc1cccc(Br)c1)C(=O)CN(c1ccccc1)S(=O)(=O)c1ccc(OC)cc1. The second-order valence-electron chi connectivity index (χ2n) is 9.77. The van der Waals surface area contributed by atoms with Gasteiger partial charge >= 0.3 is 0 Å². The zero-order chi connectivity index (χ0) is 30.8. The Bertz CT molecular complexity index is 1620. The Balaban J connectivity index is 1.77. The quantitative estimate of drug-likeness (QED) is 0.206. The molecule has 0 aromatic heterocycles. The highest BCUT2D eigenvalue weighted by Crippen LogP contribution is 2.26. The van der Waals surface area contributed by atoms with E-state index < -0.39 is 28.5 Å². The number of nitrogens with one attached hydrogen (secondary N) is 1. The Morgan fingerprint density at radius 2 is 1.49 bits per heavy atom. The number of ether oxygens (including phenoxy) is 1. The van der Waals surface area contributed by atoms with Crippen LogP contribution in [0.5, 0.6) is 5.75 Å². The minimum atomic E-state index is -4.18. The van der Waals surface area contributed by atoms with E-state index >= 15 is 0 Å². The summed E-state index contributed by atoms with van der Waals surface area (Å²) in [6.45, 7) is 1.77. The molecule has 4 aromatic rings. The lowest BCUT2D eigenvalue weighted by Gasteiger charge is -2.33. The molecule has 4 rings (SSSR count). The standard InChI is InChI=1S/C33H34BrN3O5S/c1-3-35-33(39)31(22-25-11-6-4-7-12-25)36(23-26-13-10-14-27(34)21-26)32(38)24-37(28-15-8-5-9-16-28)43(40,41)30-19-17-29(42-2)18-20-30/h4-21,31H,3,22-24H2,1-2H3,(H,35,39)/t31-/m1/s1. The van der Waals surface area contributed by atoms with Crippen LogP contribution in [0.3, 0.4) is 0 Å². The zero-order valence-corrected chi connectivity index (χ0v) is 26.4. The fourth-order valence-electron chi connectivity index (χ4n) is 4.68. The summed E-state index contributed by atoms with van der Waals surface area (Å²) in [7, 11) is -2.68. The lowest BCUT2D eigenvalue weighted by molar-refractivity contribution is -0.140. The van der Waals surface area contributed by atoms with Crippen LogP contribution in [0.15, 0.2) is 119 Å². The summed E-state index contributed by atoms with van der Waals surface area (Å²) in [6, 6.07) is 30.5. The molecule has 0 aliphatic carbocycles. The van der Waals surface area contributed by atoms with Gasteiger partial charge in [0.25, 0.3) is 10.0 Å². The molecular formula is C33H34BrN3O5S. The largest absolute Gasteiger partial charge is 0.497 e. The summed E-state index contributed by atoms with van der Waals surface area (Å²) >= 11 is 3.49. The number of amides is 2. The molecule has 10 heteroatoms. The molecule has 0 aliphatic rings. The van der Waals surface area contributed by atoms with E-state index in [2.05, 4.69) is 21.2 Å². The summed E-state index contributed by atoms with van der Waals surface area (Å²) in [5.74, 6) is -0.334. The Labute approximate surface area is 261 Å². The average molecular weight is 665 g/mol. The maximum Gasteiger partial charge on any atom is 0.264 e. The van der Waals surface area contributed by atoms with Gasteiger partial charge in [0.05, 0.1) is 17.7 Å². The first-order chi connectivity index (χ1) is 20.7. The summed E-state index contributed by atoms with van der Waals surface area (Å²) in [5.41, 5.74) is 1.98. The van der Waals surface area contributed by atoms with E-state index in [0.29, 0.717) is 18.0 Å². The van der Waals surface area contributed by atoms with Crippen molar-refractivity contribution in [2.24, 2.45) is 0 Å². The van der Waals surface area contributed by atoms with Crippen molar-refractivity contribution >= 4 is 43.5 Å². The Morgan fingerprint density at radius 3 is 2.09 bits per heavy atom. The van der Waals surface area contributed by atoms with Crippen molar-refractivity contribution < 1.29 is 22.7 Å². The lowest BCUT2D eigenvalue weighted by atomic mass is 10.0. The van der Waals surface area contributed by atoms with Gasteiger partial charge in [-0.05, 0) is 66.6 Å². The summed E-state index contributed by atoms with van der Waals surface area (Å²) in [6.07, 6.45) is 0.253. The smallest absolute Gasteiger partial charge is 0.264 e. The van der Waals surface area contributed by atoms with Crippen LogP contribution in [-0.2, 0) is 32.6 Å². The number of methoxy groups -OCH3 is 1. The molecule has 0 saturated heterocycles. The number of hydrogen-bond acceptors (Lipinski definition) is 5. The number of hydrogen-bond donors (Lipinski definition) is 1. The van der Waals surface area contributed by atoms with Gasteiger partial charge in [0, 0.05) is 24.0 Å². The van der Waals surface area contributed by atoms with E-state index in [-0.39, 0.29) is 23.8 Å². The van der Waals surface area contributed by atoms with E-state index in [4.69, 9.17) is 4.74 Å². The minimum absolute atomic E-state index is 0.00746. The summed E-state index contributed by atoms with van der Waals surface area (Å²) < 4.78 is 35.1. The lowest BCUT2D eigenvalue weighted by Crippen LogP contribution is -2.53. The molecule has 8 nitrogen and oxygen atoms in total. The van der Waals surface area contributed by atoms with E-state index in [1.54, 1.807) is 42.5 Å². The first-order valence-corrected chi connectivity index (χ1v) is 16.0. The molecule has 0 aliphatic heterocycles. The van der Waals surface area contributed by atoms with Crippen molar-refractivity contribution in [2.75, 3.05) is 24.5 Å². The predicted molar refractivity (Wildman–Crippen MR) is 171 cm³/mol. The maximum absolute atomic E-state index is 14.3.